The molecule has 9 heteroatoms. The molecule has 4 rings (SSSR count). The molecule has 2 aliphatic heterocycles. The summed E-state index contributed by atoms with van der Waals surface area (Å²) in [5.41, 5.74) is 0.424. The fraction of sp³-hybridized carbons (Fsp3) is 0.478. The van der Waals surface area contributed by atoms with E-state index in [1.807, 2.05) is 0 Å². The molecule has 2 amide bonds. The van der Waals surface area contributed by atoms with Crippen molar-refractivity contribution in [1.29, 1.82) is 0 Å². The van der Waals surface area contributed by atoms with Crippen molar-refractivity contribution in [2.75, 3.05) is 65.6 Å². The van der Waals surface area contributed by atoms with Gasteiger partial charge in [-0.1, -0.05) is 0 Å². The minimum atomic E-state index is -0.385. The van der Waals surface area contributed by atoms with Crippen LogP contribution < -0.4 is 0 Å². The summed E-state index contributed by atoms with van der Waals surface area (Å²) in [6, 6.07) is 8.88. The third-order valence-electron chi connectivity index (χ3n) is 5.75. The van der Waals surface area contributed by atoms with Crippen LogP contribution in [0.2, 0.25) is 0 Å². The zero-order valence-electron chi connectivity index (χ0n) is 18.0. The van der Waals surface area contributed by atoms with E-state index in [4.69, 9.17) is 13.9 Å². The maximum absolute atomic E-state index is 13.3. The Kier molecular flexibility index (Phi) is 7.51. The average molecular weight is 445 g/mol. The van der Waals surface area contributed by atoms with E-state index < -0.39 is 0 Å². The number of halogens is 1. The molecule has 2 fully saturated rings. The quantitative estimate of drug-likeness (QED) is 0.646. The topological polar surface area (TPSA) is 75.5 Å². The first-order chi connectivity index (χ1) is 15.6. The average Bonchev–Trinajstić information content (AvgIpc) is 3.37. The molecule has 0 radical (unpaired) electrons. The van der Waals surface area contributed by atoms with Gasteiger partial charge in [0.2, 0.25) is 0 Å². The summed E-state index contributed by atoms with van der Waals surface area (Å²) in [6.07, 6.45) is 1.15. The van der Waals surface area contributed by atoms with Gasteiger partial charge in [-0.25, -0.2) is 4.39 Å². The van der Waals surface area contributed by atoms with E-state index in [-0.39, 0.29) is 29.5 Å². The summed E-state index contributed by atoms with van der Waals surface area (Å²) < 4.78 is 29.9. The van der Waals surface area contributed by atoms with Gasteiger partial charge in [0.05, 0.1) is 32.2 Å². The van der Waals surface area contributed by atoms with E-state index >= 15 is 0 Å². The monoisotopic (exact) mass is 445 g/mol. The number of ether oxygens (including phenoxy) is 2. The van der Waals surface area contributed by atoms with Crippen LogP contribution in [0, 0.1) is 5.82 Å². The maximum atomic E-state index is 13.3. The molecule has 2 saturated heterocycles. The Bertz CT molecular complexity index is 884. The molecule has 1 atom stereocenters. The Morgan fingerprint density at radius 2 is 1.84 bits per heavy atom. The van der Waals surface area contributed by atoms with Crippen molar-refractivity contribution in [3.8, 4) is 0 Å². The number of carbonyl (C=O) groups excluding carboxylic acids is 2. The molecule has 0 aliphatic carbocycles. The summed E-state index contributed by atoms with van der Waals surface area (Å²) in [5.74, 6) is -0.467. The van der Waals surface area contributed by atoms with Gasteiger partial charge in [-0.15, -0.1) is 0 Å². The molecule has 3 heterocycles. The summed E-state index contributed by atoms with van der Waals surface area (Å²) in [7, 11) is 0. The van der Waals surface area contributed by atoms with Gasteiger partial charge in [-0.05, 0) is 36.4 Å². The number of hydrogen-bond acceptors (Lipinski definition) is 6. The normalized spacial score (nSPS) is 19.7. The van der Waals surface area contributed by atoms with Gasteiger partial charge in [0.1, 0.15) is 5.82 Å². The Balaban J connectivity index is 1.42. The van der Waals surface area contributed by atoms with Gasteiger partial charge in [0.15, 0.2) is 5.76 Å². The van der Waals surface area contributed by atoms with E-state index in [0.29, 0.717) is 58.1 Å². The highest BCUT2D eigenvalue weighted by Gasteiger charge is 2.29. The third-order valence-corrected chi connectivity index (χ3v) is 5.75. The van der Waals surface area contributed by atoms with E-state index in [9.17, 15) is 14.0 Å². The van der Waals surface area contributed by atoms with Gasteiger partial charge >= 0.3 is 0 Å². The third kappa shape index (κ3) is 5.73. The molecule has 0 spiro atoms. The predicted octanol–water partition coefficient (Wildman–Crippen LogP) is 1.73. The molecule has 172 valence electrons. The number of nitrogens with zero attached hydrogens (tertiary/aromatic N) is 3. The van der Waals surface area contributed by atoms with Crippen molar-refractivity contribution in [2.24, 2.45) is 0 Å². The van der Waals surface area contributed by atoms with Crippen molar-refractivity contribution in [2.45, 2.75) is 6.10 Å². The molecule has 0 bridgehead atoms. The van der Waals surface area contributed by atoms with Gasteiger partial charge < -0.3 is 23.7 Å². The SMILES string of the molecule is O=C(c1ccc(F)cc1)N(CCN1CCOCC1)CC1CN(C(=O)c2ccco2)CCO1. The maximum Gasteiger partial charge on any atom is 0.289 e. The zero-order chi connectivity index (χ0) is 22.3. The summed E-state index contributed by atoms with van der Waals surface area (Å²) in [4.78, 5) is 31.5. The number of rotatable bonds is 7. The van der Waals surface area contributed by atoms with E-state index in [1.165, 1.54) is 30.5 Å². The minimum absolute atomic E-state index is 0.184. The standard InChI is InChI=1S/C23H28FN3O5/c24-19-5-3-18(4-6-19)22(28)26(8-7-25-9-13-30-14-10-25)16-20-17-27(11-15-31-20)23(29)21-2-1-12-32-21/h1-6,12,20H,7-11,13-17H2. The Morgan fingerprint density at radius 3 is 2.56 bits per heavy atom. The zero-order valence-corrected chi connectivity index (χ0v) is 18.0. The smallest absolute Gasteiger partial charge is 0.289 e. The molecule has 1 aromatic heterocycles. The summed E-state index contributed by atoms with van der Waals surface area (Å²) in [6.45, 7) is 5.78. The van der Waals surface area contributed by atoms with Crippen LogP contribution in [0.15, 0.2) is 47.1 Å². The van der Waals surface area contributed by atoms with Crippen LogP contribution in [0.4, 0.5) is 4.39 Å². The number of morpholine rings is 2. The van der Waals surface area contributed by atoms with Crippen LogP contribution in [0.3, 0.4) is 0 Å². The number of hydrogen-bond donors (Lipinski definition) is 0. The van der Waals surface area contributed by atoms with Crippen LogP contribution >= 0.6 is 0 Å². The largest absolute Gasteiger partial charge is 0.459 e. The van der Waals surface area contributed by atoms with Crippen molar-refractivity contribution in [3.63, 3.8) is 0 Å². The van der Waals surface area contributed by atoms with Gasteiger partial charge in [-0.2, -0.15) is 0 Å². The van der Waals surface area contributed by atoms with Gasteiger partial charge in [0.25, 0.3) is 11.8 Å². The van der Waals surface area contributed by atoms with Crippen molar-refractivity contribution < 1.29 is 27.9 Å². The molecule has 0 N–H and O–H groups in total. The number of furan rings is 1. The lowest BCUT2D eigenvalue weighted by molar-refractivity contribution is -0.0354. The van der Waals surface area contributed by atoms with Crippen LogP contribution in [-0.2, 0) is 9.47 Å². The fourth-order valence-electron chi connectivity index (χ4n) is 3.95. The Labute approximate surface area is 186 Å². The van der Waals surface area contributed by atoms with Crippen molar-refractivity contribution in [3.05, 3.63) is 59.8 Å². The number of amides is 2. The first kappa shape index (κ1) is 22.4. The number of benzene rings is 1. The summed E-state index contributed by atoms with van der Waals surface area (Å²) >= 11 is 0. The highest BCUT2D eigenvalue weighted by Crippen LogP contribution is 2.15. The molecule has 2 aromatic rings. The van der Waals surface area contributed by atoms with E-state index in [0.717, 1.165) is 13.1 Å². The van der Waals surface area contributed by atoms with Crippen LogP contribution in [-0.4, -0.2) is 98.3 Å². The summed E-state index contributed by atoms with van der Waals surface area (Å²) in [5, 5.41) is 0. The number of carbonyl (C=O) groups is 2. The molecule has 32 heavy (non-hydrogen) atoms. The highest BCUT2D eigenvalue weighted by molar-refractivity contribution is 5.94. The van der Waals surface area contributed by atoms with E-state index in [1.54, 1.807) is 21.9 Å². The molecule has 2 aliphatic rings. The van der Waals surface area contributed by atoms with Crippen LogP contribution in [0.1, 0.15) is 20.9 Å². The molecular formula is C23H28FN3O5. The lowest BCUT2D eigenvalue weighted by atomic mass is 10.1. The van der Waals surface area contributed by atoms with Crippen LogP contribution in [0.5, 0.6) is 0 Å². The van der Waals surface area contributed by atoms with Gasteiger partial charge in [0, 0.05) is 51.4 Å². The molecule has 0 saturated carbocycles. The second-order valence-electron chi connectivity index (χ2n) is 7.93. The second-order valence-corrected chi connectivity index (χ2v) is 7.93. The fourth-order valence-corrected chi connectivity index (χ4v) is 3.95. The van der Waals surface area contributed by atoms with Crippen LogP contribution in [0.25, 0.3) is 0 Å². The molecule has 8 nitrogen and oxygen atoms in total. The van der Waals surface area contributed by atoms with Crippen molar-refractivity contribution >= 4 is 11.8 Å². The Morgan fingerprint density at radius 1 is 1.06 bits per heavy atom. The lowest BCUT2D eigenvalue weighted by Gasteiger charge is -2.36. The Hall–Kier alpha value is -2.75. The minimum Gasteiger partial charge on any atom is -0.459 e. The van der Waals surface area contributed by atoms with Gasteiger partial charge in [-0.3, -0.25) is 14.5 Å². The molecule has 1 aromatic carbocycles. The predicted molar refractivity (Wildman–Crippen MR) is 114 cm³/mol. The van der Waals surface area contributed by atoms with E-state index in [2.05, 4.69) is 4.90 Å². The molecular weight excluding hydrogens is 417 g/mol. The second kappa shape index (κ2) is 10.7. The van der Waals surface area contributed by atoms with Crippen molar-refractivity contribution in [1.82, 2.24) is 14.7 Å². The highest BCUT2D eigenvalue weighted by atomic mass is 19.1. The lowest BCUT2D eigenvalue weighted by Crippen LogP contribution is -2.52. The first-order valence-electron chi connectivity index (χ1n) is 10.9. The molecule has 1 unspecified atom stereocenters. The first-order valence-corrected chi connectivity index (χ1v) is 10.9.